The molecule has 33 heavy (non-hydrogen) atoms. The molecule has 1 aliphatic rings. The van der Waals surface area contributed by atoms with Gasteiger partial charge in [-0.1, -0.05) is 72.8 Å². The van der Waals surface area contributed by atoms with Crippen LogP contribution in [0.4, 0.5) is 18.9 Å². The molecule has 1 heterocycles. The van der Waals surface area contributed by atoms with Crippen LogP contribution in [0.15, 0.2) is 84.9 Å². The Hall–Kier alpha value is -2.83. The van der Waals surface area contributed by atoms with Crippen molar-refractivity contribution in [3.05, 3.63) is 102 Å². The maximum Gasteiger partial charge on any atom is 0.418 e. The minimum Gasteiger partial charge on any atom is -0.396 e. The highest BCUT2D eigenvalue weighted by Gasteiger charge is 2.45. The van der Waals surface area contributed by atoms with Gasteiger partial charge in [0, 0.05) is 43.9 Å². The second-order valence-electron chi connectivity index (χ2n) is 8.62. The summed E-state index contributed by atoms with van der Waals surface area (Å²) in [6, 6.07) is 25.5. The summed E-state index contributed by atoms with van der Waals surface area (Å²) in [4.78, 5) is 1.77. The van der Waals surface area contributed by atoms with Gasteiger partial charge >= 0.3 is 6.18 Å². The predicted octanol–water partition coefficient (Wildman–Crippen LogP) is 5.31. The van der Waals surface area contributed by atoms with E-state index in [1.165, 1.54) is 12.1 Å². The summed E-state index contributed by atoms with van der Waals surface area (Å²) in [5.74, 6) is -0.0530. The molecule has 0 saturated carbocycles. The summed E-state index contributed by atoms with van der Waals surface area (Å²) in [5, 5.41) is 13.3. The van der Waals surface area contributed by atoms with E-state index in [1.54, 1.807) is 18.0 Å². The van der Waals surface area contributed by atoms with Gasteiger partial charge in [-0.3, -0.25) is 0 Å². The molecule has 3 atom stereocenters. The smallest absolute Gasteiger partial charge is 0.396 e. The molecule has 0 radical (unpaired) electrons. The molecule has 6 heteroatoms. The van der Waals surface area contributed by atoms with E-state index in [2.05, 4.69) is 29.6 Å². The quantitative estimate of drug-likeness (QED) is 0.508. The van der Waals surface area contributed by atoms with Crippen LogP contribution in [0.3, 0.4) is 0 Å². The van der Waals surface area contributed by atoms with Crippen LogP contribution in [0.25, 0.3) is 0 Å². The number of rotatable bonds is 7. The molecular weight excluding hydrogens is 425 g/mol. The van der Waals surface area contributed by atoms with E-state index < -0.39 is 11.7 Å². The van der Waals surface area contributed by atoms with Crippen LogP contribution in [-0.2, 0) is 6.18 Å². The third-order valence-corrected chi connectivity index (χ3v) is 6.68. The molecule has 0 aliphatic carbocycles. The Balaban J connectivity index is 1.80. The predicted molar refractivity (Wildman–Crippen MR) is 125 cm³/mol. The van der Waals surface area contributed by atoms with Crippen molar-refractivity contribution in [2.75, 3.05) is 25.1 Å². The number of hydrogen-bond donors (Lipinski definition) is 2. The number of alkyl halides is 3. The van der Waals surface area contributed by atoms with Gasteiger partial charge < -0.3 is 15.3 Å². The van der Waals surface area contributed by atoms with E-state index in [9.17, 15) is 18.3 Å². The summed E-state index contributed by atoms with van der Waals surface area (Å²) < 4.78 is 41.5. The topological polar surface area (TPSA) is 35.5 Å². The number of likely N-dealkylation sites (N-methyl/N-ethyl adjacent to an activating group) is 1. The Morgan fingerprint density at radius 1 is 0.909 bits per heavy atom. The van der Waals surface area contributed by atoms with Gasteiger partial charge in [-0.05, 0) is 35.6 Å². The molecule has 0 aromatic heterocycles. The minimum atomic E-state index is -4.45. The number of nitrogens with one attached hydrogen (secondary N) is 1. The van der Waals surface area contributed by atoms with Crippen molar-refractivity contribution in [1.29, 1.82) is 0 Å². The highest BCUT2D eigenvalue weighted by atomic mass is 19.4. The highest BCUT2D eigenvalue weighted by Crippen LogP contribution is 2.41. The van der Waals surface area contributed by atoms with Gasteiger partial charge in [-0.25, -0.2) is 0 Å². The number of aliphatic hydroxyl groups is 1. The maximum absolute atomic E-state index is 13.8. The first kappa shape index (κ1) is 23.3. The van der Waals surface area contributed by atoms with Crippen LogP contribution in [0.5, 0.6) is 0 Å². The van der Waals surface area contributed by atoms with Gasteiger partial charge in [0.2, 0.25) is 0 Å². The standard InChI is InChI=1S/C27H29F3N2O/c1-32(23-15-9-8-14-22(23)27(28,29)30)26-21(16-17-33)18-31-25(26)24(19-10-4-2-5-11-19)20-12-6-3-7-13-20/h2-15,21,24-26,31,33H,16-18H2,1H3. The van der Waals surface area contributed by atoms with Crippen LogP contribution in [0, 0.1) is 5.92 Å². The number of benzene rings is 3. The first-order valence-corrected chi connectivity index (χ1v) is 11.2. The van der Waals surface area contributed by atoms with Crippen molar-refractivity contribution in [2.24, 2.45) is 5.92 Å². The zero-order chi connectivity index (χ0) is 23.4. The van der Waals surface area contributed by atoms with Crippen molar-refractivity contribution in [3.63, 3.8) is 0 Å². The van der Waals surface area contributed by atoms with E-state index in [0.29, 0.717) is 13.0 Å². The molecule has 0 amide bonds. The SMILES string of the molecule is CN(c1ccccc1C(F)(F)F)C1C(CCO)CNC1C(c1ccccc1)c1ccccc1. The summed E-state index contributed by atoms with van der Waals surface area (Å²) in [6.45, 7) is 0.621. The third kappa shape index (κ3) is 4.92. The van der Waals surface area contributed by atoms with Crippen LogP contribution < -0.4 is 10.2 Å². The number of nitrogens with zero attached hydrogens (tertiary/aromatic N) is 1. The van der Waals surface area contributed by atoms with Crippen molar-refractivity contribution in [3.8, 4) is 0 Å². The molecule has 174 valence electrons. The Kier molecular flexibility index (Phi) is 7.05. The lowest BCUT2D eigenvalue weighted by atomic mass is 9.79. The summed E-state index contributed by atoms with van der Waals surface area (Å²) in [7, 11) is 1.74. The summed E-state index contributed by atoms with van der Waals surface area (Å²) >= 11 is 0. The first-order chi connectivity index (χ1) is 15.9. The van der Waals surface area contributed by atoms with Gasteiger partial charge in [0.25, 0.3) is 0 Å². The molecule has 4 rings (SSSR count). The van der Waals surface area contributed by atoms with E-state index in [4.69, 9.17) is 0 Å². The monoisotopic (exact) mass is 454 g/mol. The second-order valence-corrected chi connectivity index (χ2v) is 8.62. The molecule has 3 unspecified atom stereocenters. The van der Waals surface area contributed by atoms with Crippen LogP contribution in [-0.4, -0.2) is 37.4 Å². The molecule has 0 bridgehead atoms. The molecule has 3 aromatic carbocycles. The van der Waals surface area contributed by atoms with Gasteiger partial charge in [-0.15, -0.1) is 0 Å². The second kappa shape index (κ2) is 9.98. The lowest BCUT2D eigenvalue weighted by Crippen LogP contribution is -2.48. The van der Waals surface area contributed by atoms with Crippen LogP contribution >= 0.6 is 0 Å². The van der Waals surface area contributed by atoms with Crippen molar-refractivity contribution >= 4 is 5.69 Å². The molecule has 1 aliphatic heterocycles. The summed E-state index contributed by atoms with van der Waals surface area (Å²) in [5.41, 5.74) is 1.73. The van der Waals surface area contributed by atoms with E-state index >= 15 is 0 Å². The number of anilines is 1. The van der Waals surface area contributed by atoms with Gasteiger partial charge in [0.05, 0.1) is 5.56 Å². The zero-order valence-electron chi connectivity index (χ0n) is 18.5. The lowest BCUT2D eigenvalue weighted by molar-refractivity contribution is -0.137. The van der Waals surface area contributed by atoms with E-state index in [0.717, 1.165) is 17.2 Å². The fraction of sp³-hybridized carbons (Fsp3) is 0.333. The molecule has 3 nitrogen and oxygen atoms in total. The van der Waals surface area contributed by atoms with E-state index in [-0.39, 0.29) is 36.2 Å². The molecular formula is C27H29F3N2O. The van der Waals surface area contributed by atoms with Gasteiger partial charge in [0.15, 0.2) is 0 Å². The Morgan fingerprint density at radius 2 is 1.45 bits per heavy atom. The molecule has 3 aromatic rings. The Bertz CT molecular complexity index is 987. The number of para-hydroxylation sites is 1. The fourth-order valence-electron chi connectivity index (χ4n) is 5.24. The third-order valence-electron chi connectivity index (χ3n) is 6.68. The number of hydrogen-bond acceptors (Lipinski definition) is 3. The maximum atomic E-state index is 13.8. The molecule has 0 spiro atoms. The zero-order valence-corrected chi connectivity index (χ0v) is 18.5. The molecule has 2 N–H and O–H groups in total. The normalized spacial score (nSPS) is 20.8. The number of halogens is 3. The average molecular weight is 455 g/mol. The first-order valence-electron chi connectivity index (χ1n) is 11.2. The lowest BCUT2D eigenvalue weighted by Gasteiger charge is -2.39. The molecule has 1 saturated heterocycles. The number of aliphatic hydroxyl groups excluding tert-OH is 1. The van der Waals surface area contributed by atoms with Gasteiger partial charge in [-0.2, -0.15) is 13.2 Å². The van der Waals surface area contributed by atoms with Crippen LogP contribution in [0.2, 0.25) is 0 Å². The Labute approximate surface area is 192 Å². The van der Waals surface area contributed by atoms with E-state index in [1.807, 2.05) is 36.4 Å². The summed E-state index contributed by atoms with van der Waals surface area (Å²) in [6.07, 6.45) is -3.93. The largest absolute Gasteiger partial charge is 0.418 e. The van der Waals surface area contributed by atoms with Crippen molar-refractivity contribution in [2.45, 2.75) is 30.6 Å². The minimum absolute atomic E-state index is 0.00112. The Morgan fingerprint density at radius 3 is 2.00 bits per heavy atom. The highest BCUT2D eigenvalue weighted by molar-refractivity contribution is 5.56. The molecule has 1 fully saturated rings. The van der Waals surface area contributed by atoms with Crippen molar-refractivity contribution in [1.82, 2.24) is 5.32 Å². The fourth-order valence-corrected chi connectivity index (χ4v) is 5.24. The average Bonchev–Trinajstić information content (AvgIpc) is 3.23. The van der Waals surface area contributed by atoms with Crippen LogP contribution in [0.1, 0.15) is 29.0 Å². The van der Waals surface area contributed by atoms with Crippen molar-refractivity contribution < 1.29 is 18.3 Å². The van der Waals surface area contributed by atoms with Gasteiger partial charge in [0.1, 0.15) is 0 Å².